The zero-order chi connectivity index (χ0) is 17.3. The second kappa shape index (κ2) is 6.63. The van der Waals surface area contributed by atoms with Crippen LogP contribution in [0.3, 0.4) is 0 Å². The van der Waals surface area contributed by atoms with Gasteiger partial charge in [-0.15, -0.1) is 0 Å². The first kappa shape index (κ1) is 17.1. The van der Waals surface area contributed by atoms with Crippen LogP contribution in [0.2, 0.25) is 0 Å². The van der Waals surface area contributed by atoms with Crippen molar-refractivity contribution in [3.8, 4) is 5.75 Å². The quantitative estimate of drug-likeness (QED) is 0.827. The molecule has 0 aromatic heterocycles. The van der Waals surface area contributed by atoms with Gasteiger partial charge >= 0.3 is 0 Å². The monoisotopic (exact) mass is 349 g/mol. The van der Waals surface area contributed by atoms with E-state index < -0.39 is 11.3 Å². The van der Waals surface area contributed by atoms with Gasteiger partial charge in [0.15, 0.2) is 0 Å². The fourth-order valence-electron chi connectivity index (χ4n) is 3.14. The number of nitrogens with one attached hydrogen (secondary N) is 1. The van der Waals surface area contributed by atoms with Gasteiger partial charge in [0.1, 0.15) is 17.2 Å². The molecule has 6 heteroatoms. The summed E-state index contributed by atoms with van der Waals surface area (Å²) in [5.74, 6) is 0.644. The van der Waals surface area contributed by atoms with E-state index in [1.807, 2.05) is 44.2 Å². The summed E-state index contributed by atoms with van der Waals surface area (Å²) in [6.45, 7) is 4.34. The van der Waals surface area contributed by atoms with Crippen LogP contribution in [0, 0.1) is 5.82 Å². The maximum absolute atomic E-state index is 13.2. The lowest BCUT2D eigenvalue weighted by molar-refractivity contribution is 0.0773. The minimum absolute atomic E-state index is 0.123. The standard InChI is InChI=1S/C18H20FNO3S/c1-18(2)10-16(13-4-6-14(19)7-5-13)15-8-3-12(9-17(15)23-18)11-20-24(21)22/h3-9,16,20H,10-11H2,1-2H3,(H,21,22). The zero-order valence-corrected chi connectivity index (χ0v) is 14.4. The van der Waals surface area contributed by atoms with E-state index in [1.54, 1.807) is 0 Å². The van der Waals surface area contributed by atoms with Gasteiger partial charge in [-0.1, -0.05) is 24.3 Å². The van der Waals surface area contributed by atoms with Crippen molar-refractivity contribution in [3.63, 3.8) is 0 Å². The average Bonchev–Trinajstić information content (AvgIpc) is 2.51. The molecule has 3 rings (SSSR count). The summed E-state index contributed by atoms with van der Waals surface area (Å²) in [4.78, 5) is 0. The van der Waals surface area contributed by atoms with Crippen molar-refractivity contribution in [3.05, 3.63) is 65.0 Å². The molecule has 128 valence electrons. The molecule has 2 unspecified atom stereocenters. The molecule has 24 heavy (non-hydrogen) atoms. The summed E-state index contributed by atoms with van der Waals surface area (Å²) in [6, 6.07) is 12.4. The highest BCUT2D eigenvalue weighted by Gasteiger charge is 2.34. The molecule has 1 aliphatic rings. The van der Waals surface area contributed by atoms with Gasteiger partial charge in [-0.2, -0.15) is 0 Å². The molecule has 2 N–H and O–H groups in total. The molecule has 0 saturated heterocycles. The summed E-state index contributed by atoms with van der Waals surface area (Å²) in [5.41, 5.74) is 2.62. The summed E-state index contributed by atoms with van der Waals surface area (Å²) >= 11 is -2.05. The molecule has 0 saturated carbocycles. The van der Waals surface area contributed by atoms with Gasteiger partial charge in [0, 0.05) is 18.0 Å². The third kappa shape index (κ3) is 3.83. The maximum atomic E-state index is 13.2. The van der Waals surface area contributed by atoms with Crippen LogP contribution in [-0.2, 0) is 17.8 Å². The molecule has 0 spiro atoms. The lowest BCUT2D eigenvalue weighted by atomic mass is 9.80. The van der Waals surface area contributed by atoms with Gasteiger partial charge < -0.3 is 4.74 Å². The van der Waals surface area contributed by atoms with E-state index in [-0.39, 0.29) is 23.9 Å². The number of rotatable bonds is 4. The lowest BCUT2D eigenvalue weighted by Gasteiger charge is -2.38. The topological polar surface area (TPSA) is 58.6 Å². The van der Waals surface area contributed by atoms with Crippen LogP contribution in [0.4, 0.5) is 4.39 Å². The average molecular weight is 349 g/mol. The lowest BCUT2D eigenvalue weighted by Crippen LogP contribution is -2.35. The van der Waals surface area contributed by atoms with Crippen LogP contribution in [0.1, 0.15) is 42.9 Å². The van der Waals surface area contributed by atoms with Crippen molar-refractivity contribution in [2.45, 2.75) is 38.3 Å². The fourth-order valence-corrected chi connectivity index (χ4v) is 3.43. The Morgan fingerprint density at radius 2 is 2.00 bits per heavy atom. The highest BCUT2D eigenvalue weighted by Crippen LogP contribution is 2.44. The number of hydrogen-bond acceptors (Lipinski definition) is 2. The van der Waals surface area contributed by atoms with Gasteiger partial charge in [0.05, 0.1) is 0 Å². The molecule has 1 heterocycles. The third-order valence-corrected chi connectivity index (χ3v) is 4.60. The molecule has 0 bridgehead atoms. The molecule has 2 aromatic rings. The second-order valence-electron chi connectivity index (χ2n) is 6.61. The Labute approximate surface area is 143 Å². The first-order valence-corrected chi connectivity index (χ1v) is 8.86. The number of fused-ring (bicyclic) bond motifs is 1. The van der Waals surface area contributed by atoms with E-state index in [0.29, 0.717) is 0 Å². The van der Waals surface area contributed by atoms with Crippen LogP contribution in [0.5, 0.6) is 5.75 Å². The van der Waals surface area contributed by atoms with Crippen molar-refractivity contribution in [1.29, 1.82) is 0 Å². The molecule has 0 aliphatic carbocycles. The molecule has 4 nitrogen and oxygen atoms in total. The Morgan fingerprint density at radius 3 is 2.67 bits per heavy atom. The highest BCUT2D eigenvalue weighted by atomic mass is 32.2. The number of halogens is 1. The van der Waals surface area contributed by atoms with Crippen LogP contribution in [0.15, 0.2) is 42.5 Å². The SMILES string of the molecule is CC1(C)CC(c2ccc(F)cc2)c2ccc(CNS(=O)O)cc2O1. The van der Waals surface area contributed by atoms with E-state index in [2.05, 4.69) is 4.72 Å². The Morgan fingerprint density at radius 1 is 1.29 bits per heavy atom. The van der Waals surface area contributed by atoms with Gasteiger partial charge in [-0.25, -0.2) is 13.3 Å². The predicted octanol–water partition coefficient (Wildman–Crippen LogP) is 3.75. The van der Waals surface area contributed by atoms with Gasteiger partial charge in [-0.3, -0.25) is 4.55 Å². The summed E-state index contributed by atoms with van der Waals surface area (Å²) in [6.07, 6.45) is 0.796. The van der Waals surface area contributed by atoms with E-state index in [4.69, 9.17) is 9.29 Å². The molecule has 2 atom stereocenters. The minimum Gasteiger partial charge on any atom is -0.488 e. The van der Waals surface area contributed by atoms with E-state index in [0.717, 1.165) is 28.9 Å². The van der Waals surface area contributed by atoms with Crippen LogP contribution >= 0.6 is 0 Å². The molecular weight excluding hydrogens is 329 g/mol. The fraction of sp³-hybridized carbons (Fsp3) is 0.333. The Balaban J connectivity index is 1.96. The van der Waals surface area contributed by atoms with Crippen molar-refractivity contribution in [1.82, 2.24) is 4.72 Å². The Hall–Kier alpha value is -1.76. The Kier molecular flexibility index (Phi) is 4.71. The van der Waals surface area contributed by atoms with Crippen molar-refractivity contribution >= 4 is 11.3 Å². The van der Waals surface area contributed by atoms with E-state index >= 15 is 0 Å². The summed E-state index contributed by atoms with van der Waals surface area (Å²) in [5, 5.41) is 0. The van der Waals surface area contributed by atoms with E-state index in [9.17, 15) is 8.60 Å². The van der Waals surface area contributed by atoms with Crippen LogP contribution in [-0.4, -0.2) is 14.4 Å². The summed E-state index contributed by atoms with van der Waals surface area (Å²) < 4.78 is 41.4. The maximum Gasteiger partial charge on any atom is 0.232 e. The smallest absolute Gasteiger partial charge is 0.232 e. The third-order valence-electron chi connectivity index (χ3n) is 4.21. The number of benzene rings is 2. The number of ether oxygens (including phenoxy) is 1. The summed E-state index contributed by atoms with van der Waals surface area (Å²) in [7, 11) is 0. The molecule has 0 amide bonds. The normalized spacial score (nSPS) is 20.1. The predicted molar refractivity (Wildman–Crippen MR) is 91.6 cm³/mol. The molecule has 2 aromatic carbocycles. The number of hydrogen-bond donors (Lipinski definition) is 2. The largest absolute Gasteiger partial charge is 0.488 e. The second-order valence-corrected chi connectivity index (χ2v) is 7.40. The molecule has 1 aliphatic heterocycles. The van der Waals surface area contributed by atoms with Gasteiger partial charge in [0.25, 0.3) is 0 Å². The van der Waals surface area contributed by atoms with Crippen LogP contribution in [0.25, 0.3) is 0 Å². The van der Waals surface area contributed by atoms with E-state index in [1.165, 1.54) is 12.1 Å². The first-order chi connectivity index (χ1) is 11.3. The molecule has 0 fully saturated rings. The van der Waals surface area contributed by atoms with Gasteiger partial charge in [0.2, 0.25) is 11.3 Å². The highest BCUT2D eigenvalue weighted by molar-refractivity contribution is 7.77. The van der Waals surface area contributed by atoms with Gasteiger partial charge in [-0.05, 0) is 49.6 Å². The first-order valence-electron chi connectivity index (χ1n) is 7.76. The van der Waals surface area contributed by atoms with Crippen molar-refractivity contribution < 1.29 is 17.9 Å². The molecule has 0 radical (unpaired) electrons. The van der Waals surface area contributed by atoms with Crippen molar-refractivity contribution in [2.75, 3.05) is 0 Å². The Bertz CT molecular complexity index is 761. The zero-order valence-electron chi connectivity index (χ0n) is 13.6. The van der Waals surface area contributed by atoms with Crippen LogP contribution < -0.4 is 9.46 Å². The molecular formula is C18H20FNO3S. The minimum atomic E-state index is -2.05. The van der Waals surface area contributed by atoms with Crippen molar-refractivity contribution in [2.24, 2.45) is 0 Å².